The Morgan fingerprint density at radius 1 is 1.24 bits per heavy atom. The molecule has 0 spiro atoms. The fourth-order valence-corrected chi connectivity index (χ4v) is 3.66. The van der Waals surface area contributed by atoms with E-state index in [1.54, 1.807) is 19.0 Å². The first-order chi connectivity index (χ1) is 12.0. The van der Waals surface area contributed by atoms with Crippen LogP contribution in [0, 0.1) is 5.92 Å². The number of likely N-dealkylation sites (tertiary alicyclic amines) is 1. The molecule has 1 N–H and O–H groups in total. The number of benzene rings is 1. The molecule has 1 fully saturated rings. The van der Waals surface area contributed by atoms with Crippen molar-refractivity contribution >= 4 is 11.9 Å². The van der Waals surface area contributed by atoms with Crippen LogP contribution >= 0.6 is 0 Å². The summed E-state index contributed by atoms with van der Waals surface area (Å²) in [5.74, 6) is 1.18. The van der Waals surface area contributed by atoms with Gasteiger partial charge in [0.1, 0.15) is 5.75 Å². The van der Waals surface area contributed by atoms with Gasteiger partial charge in [-0.25, -0.2) is 4.79 Å². The molecule has 1 aromatic carbocycles. The van der Waals surface area contributed by atoms with Crippen LogP contribution in [-0.4, -0.2) is 61.6 Å². The number of piperidine rings is 1. The molecule has 2 aliphatic heterocycles. The second kappa shape index (κ2) is 7.33. The number of carbonyl (C=O) groups is 2. The van der Waals surface area contributed by atoms with Gasteiger partial charge in [0.2, 0.25) is 5.91 Å². The predicted molar refractivity (Wildman–Crippen MR) is 95.7 cm³/mol. The summed E-state index contributed by atoms with van der Waals surface area (Å²) in [5.41, 5.74) is 1.17. The molecule has 0 radical (unpaired) electrons. The number of ether oxygens (including phenoxy) is 1. The van der Waals surface area contributed by atoms with Crippen molar-refractivity contribution in [3.8, 4) is 5.75 Å². The maximum absolute atomic E-state index is 12.6. The number of hydrogen-bond acceptors (Lipinski definition) is 3. The lowest BCUT2D eigenvalue weighted by molar-refractivity contribution is -0.127. The Morgan fingerprint density at radius 3 is 2.60 bits per heavy atom. The number of para-hydroxylation sites is 1. The van der Waals surface area contributed by atoms with Gasteiger partial charge < -0.3 is 19.9 Å². The van der Waals surface area contributed by atoms with E-state index in [9.17, 15) is 9.59 Å². The lowest BCUT2D eigenvalue weighted by atomic mass is 9.92. The molecule has 0 aliphatic carbocycles. The molecule has 0 saturated carbocycles. The van der Waals surface area contributed by atoms with Crippen LogP contribution in [0.1, 0.15) is 31.2 Å². The average Bonchev–Trinajstić information content (AvgIpc) is 3.05. The Kier molecular flexibility index (Phi) is 5.16. The van der Waals surface area contributed by atoms with E-state index in [1.807, 2.05) is 30.0 Å². The van der Waals surface area contributed by atoms with Crippen molar-refractivity contribution in [1.29, 1.82) is 0 Å². The highest BCUT2D eigenvalue weighted by Crippen LogP contribution is 2.35. The van der Waals surface area contributed by atoms with E-state index in [1.165, 1.54) is 5.56 Å². The summed E-state index contributed by atoms with van der Waals surface area (Å²) in [4.78, 5) is 28.0. The van der Waals surface area contributed by atoms with Crippen molar-refractivity contribution < 1.29 is 14.3 Å². The molecule has 2 heterocycles. The first-order valence-electron chi connectivity index (χ1n) is 8.95. The molecule has 3 amide bonds. The zero-order valence-corrected chi connectivity index (χ0v) is 15.2. The summed E-state index contributed by atoms with van der Waals surface area (Å²) in [6.45, 7) is 3.92. The van der Waals surface area contributed by atoms with Crippen LogP contribution in [0.5, 0.6) is 5.75 Å². The molecule has 0 bridgehead atoms. The molecule has 1 aromatic rings. The van der Waals surface area contributed by atoms with E-state index in [0.717, 1.165) is 18.6 Å². The fourth-order valence-electron chi connectivity index (χ4n) is 3.66. The molecule has 1 saturated heterocycles. The summed E-state index contributed by atoms with van der Waals surface area (Å²) in [6, 6.07) is 8.06. The minimum atomic E-state index is -0.0220. The Hall–Kier alpha value is -2.24. The Bertz CT molecular complexity index is 639. The minimum Gasteiger partial charge on any atom is -0.493 e. The zero-order chi connectivity index (χ0) is 18.0. The van der Waals surface area contributed by atoms with E-state index in [2.05, 4.69) is 11.4 Å². The minimum absolute atomic E-state index is 0.0203. The first kappa shape index (κ1) is 17.6. The van der Waals surface area contributed by atoms with Gasteiger partial charge in [-0.15, -0.1) is 0 Å². The van der Waals surface area contributed by atoms with Gasteiger partial charge in [0.05, 0.1) is 6.61 Å². The SMILES string of the molecule is CC(NC(=O)C1CCN(C(=O)N(C)C)CC1)C1COc2ccccc21. The second-order valence-electron chi connectivity index (χ2n) is 7.19. The van der Waals surface area contributed by atoms with Gasteiger partial charge in [-0.1, -0.05) is 18.2 Å². The number of amides is 3. The number of carbonyl (C=O) groups excluding carboxylic acids is 2. The van der Waals surface area contributed by atoms with E-state index in [0.29, 0.717) is 19.7 Å². The highest BCUT2D eigenvalue weighted by molar-refractivity contribution is 5.80. The summed E-state index contributed by atoms with van der Waals surface area (Å²) in [6.07, 6.45) is 1.44. The maximum atomic E-state index is 12.6. The number of fused-ring (bicyclic) bond motifs is 1. The summed E-state index contributed by atoms with van der Waals surface area (Å²) in [7, 11) is 3.51. The van der Waals surface area contributed by atoms with Crippen LogP contribution in [0.15, 0.2) is 24.3 Å². The molecule has 2 aliphatic rings. The normalized spacial score (nSPS) is 21.2. The highest BCUT2D eigenvalue weighted by atomic mass is 16.5. The molecular weight excluding hydrogens is 318 g/mol. The Balaban J connectivity index is 1.53. The van der Waals surface area contributed by atoms with E-state index in [-0.39, 0.29) is 29.8 Å². The number of hydrogen-bond donors (Lipinski definition) is 1. The van der Waals surface area contributed by atoms with E-state index >= 15 is 0 Å². The van der Waals surface area contributed by atoms with Gasteiger partial charge in [-0.05, 0) is 25.8 Å². The maximum Gasteiger partial charge on any atom is 0.319 e. The van der Waals surface area contributed by atoms with Crippen LogP contribution in [0.25, 0.3) is 0 Å². The van der Waals surface area contributed by atoms with Crippen molar-refractivity contribution in [3.63, 3.8) is 0 Å². The van der Waals surface area contributed by atoms with Gasteiger partial charge in [-0.3, -0.25) is 4.79 Å². The topological polar surface area (TPSA) is 61.9 Å². The molecule has 6 heteroatoms. The average molecular weight is 345 g/mol. The van der Waals surface area contributed by atoms with Crippen molar-refractivity contribution in [2.75, 3.05) is 33.8 Å². The molecule has 25 heavy (non-hydrogen) atoms. The quantitative estimate of drug-likeness (QED) is 0.912. The molecule has 2 unspecified atom stereocenters. The molecule has 0 aromatic heterocycles. The molecule has 3 rings (SSSR count). The van der Waals surface area contributed by atoms with Crippen LogP contribution in [0.2, 0.25) is 0 Å². The number of rotatable bonds is 3. The Morgan fingerprint density at radius 2 is 1.92 bits per heavy atom. The third-order valence-electron chi connectivity index (χ3n) is 5.23. The number of urea groups is 1. The summed E-state index contributed by atoms with van der Waals surface area (Å²) < 4.78 is 5.72. The molecule has 6 nitrogen and oxygen atoms in total. The molecule has 2 atom stereocenters. The van der Waals surface area contributed by atoms with Gasteiger partial charge >= 0.3 is 6.03 Å². The second-order valence-corrected chi connectivity index (χ2v) is 7.19. The predicted octanol–water partition coefficient (Wildman–Crippen LogP) is 2.06. The standard InChI is InChI=1S/C19H27N3O3/c1-13(16-12-25-17-7-5-4-6-15(16)17)20-18(23)14-8-10-22(11-9-14)19(24)21(2)3/h4-7,13-14,16H,8-12H2,1-3H3,(H,20,23). The third-order valence-corrected chi connectivity index (χ3v) is 5.23. The lowest BCUT2D eigenvalue weighted by Crippen LogP contribution is -2.48. The van der Waals surface area contributed by atoms with Crippen LogP contribution in [-0.2, 0) is 4.79 Å². The van der Waals surface area contributed by atoms with Gasteiger partial charge in [0.25, 0.3) is 0 Å². The first-order valence-corrected chi connectivity index (χ1v) is 8.95. The van der Waals surface area contributed by atoms with Crippen molar-refractivity contribution in [2.24, 2.45) is 5.92 Å². The monoisotopic (exact) mass is 345 g/mol. The molecule has 136 valence electrons. The van der Waals surface area contributed by atoms with E-state index in [4.69, 9.17) is 4.74 Å². The Labute approximate surface area is 149 Å². The van der Waals surface area contributed by atoms with Crippen molar-refractivity contribution in [3.05, 3.63) is 29.8 Å². The third kappa shape index (κ3) is 3.72. The largest absolute Gasteiger partial charge is 0.493 e. The summed E-state index contributed by atoms with van der Waals surface area (Å²) >= 11 is 0. The van der Waals surface area contributed by atoms with Crippen LogP contribution in [0.3, 0.4) is 0 Å². The van der Waals surface area contributed by atoms with Gasteiger partial charge in [0.15, 0.2) is 0 Å². The molecular formula is C19H27N3O3. The van der Waals surface area contributed by atoms with Crippen molar-refractivity contribution in [2.45, 2.75) is 31.7 Å². The van der Waals surface area contributed by atoms with Gasteiger partial charge in [-0.2, -0.15) is 0 Å². The number of nitrogens with one attached hydrogen (secondary N) is 1. The highest BCUT2D eigenvalue weighted by Gasteiger charge is 2.32. The van der Waals surface area contributed by atoms with Gasteiger partial charge in [0, 0.05) is 50.6 Å². The lowest BCUT2D eigenvalue weighted by Gasteiger charge is -2.33. The smallest absolute Gasteiger partial charge is 0.319 e. The zero-order valence-electron chi connectivity index (χ0n) is 15.2. The van der Waals surface area contributed by atoms with E-state index < -0.39 is 0 Å². The van der Waals surface area contributed by atoms with Crippen LogP contribution in [0.4, 0.5) is 4.79 Å². The van der Waals surface area contributed by atoms with Crippen LogP contribution < -0.4 is 10.1 Å². The van der Waals surface area contributed by atoms with Crippen molar-refractivity contribution in [1.82, 2.24) is 15.1 Å². The number of nitrogens with zero attached hydrogens (tertiary/aromatic N) is 2. The fraction of sp³-hybridized carbons (Fsp3) is 0.579. The summed E-state index contributed by atoms with van der Waals surface area (Å²) in [5, 5.41) is 3.17.